The number of aromatic nitrogens is 2. The van der Waals surface area contributed by atoms with Crippen molar-refractivity contribution in [3.05, 3.63) is 16.8 Å². The number of likely N-dealkylation sites (tertiary alicyclic amines) is 1. The summed E-state index contributed by atoms with van der Waals surface area (Å²) in [4.78, 5) is 25.8. The number of fused-ring (bicyclic) bond motifs is 1. The van der Waals surface area contributed by atoms with Crippen molar-refractivity contribution in [3.8, 4) is 0 Å². The van der Waals surface area contributed by atoms with Gasteiger partial charge in [-0.15, -0.1) is 11.3 Å². The van der Waals surface area contributed by atoms with Crippen molar-refractivity contribution in [2.45, 2.75) is 38.1 Å². The summed E-state index contributed by atoms with van der Waals surface area (Å²) in [6, 6.07) is 0. The van der Waals surface area contributed by atoms with Gasteiger partial charge in [-0.2, -0.15) is 0 Å². The van der Waals surface area contributed by atoms with Crippen molar-refractivity contribution in [1.29, 1.82) is 0 Å². The Bertz CT molecular complexity index is 788. The van der Waals surface area contributed by atoms with Gasteiger partial charge in [-0.1, -0.05) is 11.8 Å². The normalized spacial score (nSPS) is 19.8. The van der Waals surface area contributed by atoms with Gasteiger partial charge in [0.05, 0.1) is 5.75 Å². The first-order chi connectivity index (χ1) is 12.1. The lowest BCUT2D eigenvalue weighted by atomic mass is 9.78. The van der Waals surface area contributed by atoms with Gasteiger partial charge in [-0.05, 0) is 50.6 Å². The second kappa shape index (κ2) is 6.85. The van der Waals surface area contributed by atoms with Crippen LogP contribution in [0.1, 0.15) is 29.7 Å². The molecule has 2 saturated heterocycles. The van der Waals surface area contributed by atoms with Gasteiger partial charge in [0.1, 0.15) is 16.2 Å². The van der Waals surface area contributed by atoms with Crippen molar-refractivity contribution in [2.75, 3.05) is 31.9 Å². The highest BCUT2D eigenvalue weighted by atomic mass is 32.2. The van der Waals surface area contributed by atoms with Gasteiger partial charge in [0.15, 0.2) is 0 Å². The Labute approximate surface area is 156 Å². The molecule has 4 rings (SSSR count). The number of nitrogens with one attached hydrogen (secondary N) is 1. The molecular formula is C18H24N4OS2. The summed E-state index contributed by atoms with van der Waals surface area (Å²) in [5.41, 5.74) is 1.69. The summed E-state index contributed by atoms with van der Waals surface area (Å²) < 4.78 is 0. The standard InChI is InChI=1S/C18H24N4OS2/c1-12-13(2)25-17-15(12)16(20-11-21-17)24-9-14(23)22-7-4-18(5-8-22)3-6-19-10-18/h11,19H,3-10H2,1-2H3. The second-order valence-corrected chi connectivity index (χ2v) is 9.41. The summed E-state index contributed by atoms with van der Waals surface area (Å²) in [6.07, 6.45) is 5.15. The number of amides is 1. The molecule has 0 aliphatic carbocycles. The summed E-state index contributed by atoms with van der Waals surface area (Å²) in [5, 5.41) is 5.54. The van der Waals surface area contributed by atoms with Gasteiger partial charge in [-0.25, -0.2) is 9.97 Å². The molecule has 0 saturated carbocycles. The Kier molecular flexibility index (Phi) is 4.73. The topological polar surface area (TPSA) is 58.1 Å². The van der Waals surface area contributed by atoms with Crippen LogP contribution < -0.4 is 5.32 Å². The lowest BCUT2D eigenvalue weighted by Gasteiger charge is -2.38. The first kappa shape index (κ1) is 17.2. The molecule has 4 heterocycles. The molecule has 0 unspecified atom stereocenters. The number of rotatable bonds is 3. The Morgan fingerprint density at radius 3 is 2.84 bits per heavy atom. The first-order valence-corrected chi connectivity index (χ1v) is 10.7. The highest BCUT2D eigenvalue weighted by Crippen LogP contribution is 2.38. The third-order valence-corrected chi connectivity index (χ3v) is 7.86. The summed E-state index contributed by atoms with van der Waals surface area (Å²) in [7, 11) is 0. The van der Waals surface area contributed by atoms with Gasteiger partial charge >= 0.3 is 0 Å². The van der Waals surface area contributed by atoms with E-state index in [4.69, 9.17) is 0 Å². The SMILES string of the molecule is Cc1sc2ncnc(SCC(=O)N3CCC4(CCNC4)CC3)c2c1C. The van der Waals surface area contributed by atoms with Gasteiger partial charge in [0.25, 0.3) is 0 Å². The van der Waals surface area contributed by atoms with Crippen molar-refractivity contribution >= 4 is 39.2 Å². The molecule has 1 N–H and O–H groups in total. The van der Waals surface area contributed by atoms with E-state index in [2.05, 4.69) is 29.1 Å². The number of hydrogen-bond acceptors (Lipinski definition) is 6. The van der Waals surface area contributed by atoms with E-state index in [0.29, 0.717) is 11.2 Å². The van der Waals surface area contributed by atoms with E-state index in [1.165, 1.54) is 16.9 Å². The lowest BCUT2D eigenvalue weighted by Crippen LogP contribution is -2.44. The number of carbonyl (C=O) groups is 1. The molecule has 0 aromatic carbocycles. The molecular weight excluding hydrogens is 352 g/mol. The predicted octanol–water partition coefficient (Wildman–Crippen LogP) is 3.00. The fourth-order valence-corrected chi connectivity index (χ4v) is 5.95. The smallest absolute Gasteiger partial charge is 0.232 e. The molecule has 2 aromatic heterocycles. The summed E-state index contributed by atoms with van der Waals surface area (Å²) >= 11 is 3.26. The summed E-state index contributed by atoms with van der Waals surface area (Å²) in [5.74, 6) is 0.702. The minimum absolute atomic E-state index is 0.238. The van der Waals surface area contributed by atoms with Crippen LogP contribution in [0.25, 0.3) is 10.2 Å². The van der Waals surface area contributed by atoms with Crippen molar-refractivity contribution in [3.63, 3.8) is 0 Å². The number of nitrogens with zero attached hydrogens (tertiary/aromatic N) is 3. The van der Waals surface area contributed by atoms with Crippen LogP contribution >= 0.6 is 23.1 Å². The van der Waals surface area contributed by atoms with E-state index >= 15 is 0 Å². The molecule has 0 atom stereocenters. The molecule has 134 valence electrons. The molecule has 2 aromatic rings. The minimum Gasteiger partial charge on any atom is -0.342 e. The minimum atomic E-state index is 0.238. The lowest BCUT2D eigenvalue weighted by molar-refractivity contribution is -0.130. The fourth-order valence-electron chi connectivity index (χ4n) is 3.93. The number of carbonyl (C=O) groups excluding carboxylic acids is 1. The molecule has 2 fully saturated rings. The Morgan fingerprint density at radius 1 is 1.32 bits per heavy atom. The van der Waals surface area contributed by atoms with Crippen molar-refractivity contribution in [1.82, 2.24) is 20.2 Å². The number of aryl methyl sites for hydroxylation is 2. The van der Waals surface area contributed by atoms with Crippen LogP contribution in [0.2, 0.25) is 0 Å². The van der Waals surface area contributed by atoms with E-state index in [1.807, 2.05) is 4.90 Å². The Morgan fingerprint density at radius 2 is 2.12 bits per heavy atom. The van der Waals surface area contributed by atoms with Crippen LogP contribution in [0.5, 0.6) is 0 Å². The van der Waals surface area contributed by atoms with Crippen molar-refractivity contribution in [2.24, 2.45) is 5.41 Å². The van der Waals surface area contributed by atoms with Gasteiger partial charge < -0.3 is 10.2 Å². The molecule has 25 heavy (non-hydrogen) atoms. The third kappa shape index (κ3) is 3.29. The first-order valence-electron chi connectivity index (χ1n) is 8.90. The molecule has 2 aliphatic rings. The third-order valence-electron chi connectivity index (χ3n) is 5.77. The molecule has 7 heteroatoms. The average molecular weight is 377 g/mol. The Balaban J connectivity index is 1.40. The zero-order chi connectivity index (χ0) is 17.4. The zero-order valence-corrected chi connectivity index (χ0v) is 16.4. The number of piperidine rings is 1. The van der Waals surface area contributed by atoms with Gasteiger partial charge in [0, 0.05) is 29.9 Å². The van der Waals surface area contributed by atoms with Crippen molar-refractivity contribution < 1.29 is 4.79 Å². The van der Waals surface area contributed by atoms with Crippen LogP contribution in [0.15, 0.2) is 11.4 Å². The molecule has 2 aliphatic heterocycles. The van der Waals surface area contributed by atoms with Crippen LogP contribution in [0.3, 0.4) is 0 Å². The maximum atomic E-state index is 12.6. The molecule has 0 bridgehead atoms. The molecule has 0 radical (unpaired) electrons. The maximum absolute atomic E-state index is 12.6. The molecule has 1 spiro atoms. The van der Waals surface area contributed by atoms with Gasteiger partial charge in [0.2, 0.25) is 5.91 Å². The maximum Gasteiger partial charge on any atom is 0.232 e. The number of thioether (sulfide) groups is 1. The van der Waals surface area contributed by atoms with E-state index < -0.39 is 0 Å². The zero-order valence-electron chi connectivity index (χ0n) is 14.8. The van der Waals surface area contributed by atoms with E-state index in [9.17, 15) is 4.79 Å². The average Bonchev–Trinajstić information content (AvgIpc) is 3.19. The van der Waals surface area contributed by atoms with Crippen LogP contribution in [0.4, 0.5) is 0 Å². The van der Waals surface area contributed by atoms with Gasteiger partial charge in [-0.3, -0.25) is 4.79 Å². The number of hydrogen-bond donors (Lipinski definition) is 1. The highest BCUT2D eigenvalue weighted by molar-refractivity contribution is 8.00. The number of thiophene rings is 1. The largest absolute Gasteiger partial charge is 0.342 e. The quantitative estimate of drug-likeness (QED) is 0.659. The second-order valence-electron chi connectivity index (χ2n) is 7.24. The van der Waals surface area contributed by atoms with Crippen LogP contribution in [-0.4, -0.2) is 52.7 Å². The summed E-state index contributed by atoms with van der Waals surface area (Å²) in [6.45, 7) is 8.28. The van der Waals surface area contributed by atoms with E-state index in [0.717, 1.165) is 54.3 Å². The van der Waals surface area contributed by atoms with E-state index in [1.54, 1.807) is 29.4 Å². The Hall–Kier alpha value is -1.18. The van der Waals surface area contributed by atoms with E-state index in [-0.39, 0.29) is 5.91 Å². The predicted molar refractivity (Wildman–Crippen MR) is 103 cm³/mol. The molecule has 5 nitrogen and oxygen atoms in total. The fraction of sp³-hybridized carbons (Fsp3) is 0.611. The van der Waals surface area contributed by atoms with Crippen LogP contribution in [0, 0.1) is 19.3 Å². The monoisotopic (exact) mass is 376 g/mol. The highest BCUT2D eigenvalue weighted by Gasteiger charge is 2.37. The van der Waals surface area contributed by atoms with Crippen LogP contribution in [-0.2, 0) is 4.79 Å². The molecule has 1 amide bonds.